The largest absolute Gasteiger partial charge is 0.508 e. The van der Waals surface area contributed by atoms with E-state index in [4.69, 9.17) is 9.47 Å². The number of ether oxygens (including phenoxy) is 2. The van der Waals surface area contributed by atoms with Gasteiger partial charge in [0, 0.05) is 29.9 Å². The molecule has 3 saturated heterocycles. The minimum atomic E-state index is -1.61. The van der Waals surface area contributed by atoms with E-state index in [1.165, 1.54) is 0 Å². The number of aromatic hydroxyl groups is 1. The summed E-state index contributed by atoms with van der Waals surface area (Å²) >= 11 is 0. The van der Waals surface area contributed by atoms with Crippen LogP contribution in [0.25, 0.3) is 0 Å². The molecular formula is C49H45N3O6. The van der Waals surface area contributed by atoms with Gasteiger partial charge in [0.05, 0.1) is 25.1 Å². The van der Waals surface area contributed by atoms with Crippen LogP contribution in [0.2, 0.25) is 0 Å². The molecule has 0 aromatic heterocycles. The van der Waals surface area contributed by atoms with Crippen LogP contribution in [-0.2, 0) is 24.5 Å². The van der Waals surface area contributed by atoms with Crippen LogP contribution in [0.5, 0.6) is 11.5 Å². The van der Waals surface area contributed by atoms with Gasteiger partial charge in [0.1, 0.15) is 29.1 Å². The Balaban J connectivity index is 1.30. The molecular weight excluding hydrogens is 727 g/mol. The minimum absolute atomic E-state index is 0.0628. The van der Waals surface area contributed by atoms with E-state index in [0.29, 0.717) is 35.5 Å². The van der Waals surface area contributed by atoms with Gasteiger partial charge in [-0.25, -0.2) is 0 Å². The van der Waals surface area contributed by atoms with Crippen molar-refractivity contribution in [1.82, 2.24) is 9.80 Å². The van der Waals surface area contributed by atoms with Gasteiger partial charge in [-0.15, -0.1) is 0 Å². The first-order valence-corrected chi connectivity index (χ1v) is 20.2. The molecule has 5 aromatic rings. The Hall–Kier alpha value is -6.37. The molecule has 0 unspecified atom stereocenters. The molecule has 58 heavy (non-hydrogen) atoms. The number of nitrogens with one attached hydrogen (secondary N) is 1. The van der Waals surface area contributed by atoms with Gasteiger partial charge in [-0.1, -0.05) is 104 Å². The van der Waals surface area contributed by atoms with Crippen molar-refractivity contribution in [3.8, 4) is 23.3 Å². The normalized spacial score (nSPS) is 25.3. The van der Waals surface area contributed by atoms with E-state index in [0.717, 1.165) is 54.5 Å². The van der Waals surface area contributed by atoms with Crippen LogP contribution in [-0.4, -0.2) is 58.9 Å². The van der Waals surface area contributed by atoms with E-state index < -0.39 is 41.5 Å². The zero-order valence-electron chi connectivity index (χ0n) is 32.3. The summed E-state index contributed by atoms with van der Waals surface area (Å²) in [6, 6.07) is 36.9. The molecule has 0 bridgehead atoms. The molecule has 4 aliphatic rings. The van der Waals surface area contributed by atoms with Crippen LogP contribution in [0.15, 0.2) is 127 Å². The Morgan fingerprint density at radius 1 is 0.741 bits per heavy atom. The summed E-state index contributed by atoms with van der Waals surface area (Å²) in [4.78, 5) is 50.2. The summed E-state index contributed by atoms with van der Waals surface area (Å²) in [6.45, 7) is 1.07. The number of likely N-dealkylation sites (tertiary alicyclic amines) is 1. The Morgan fingerprint density at radius 2 is 1.36 bits per heavy atom. The van der Waals surface area contributed by atoms with Gasteiger partial charge in [0.15, 0.2) is 0 Å². The number of hydrogen-bond acceptors (Lipinski definition) is 7. The molecule has 4 heterocycles. The molecule has 4 aliphatic heterocycles. The summed E-state index contributed by atoms with van der Waals surface area (Å²) < 4.78 is 11.9. The predicted octanol–water partition coefficient (Wildman–Crippen LogP) is 7.86. The summed E-state index contributed by atoms with van der Waals surface area (Å²) in [6.07, 6.45) is 4.02. The topological polar surface area (TPSA) is 108 Å². The summed E-state index contributed by atoms with van der Waals surface area (Å²) in [7, 11) is 1.62. The highest BCUT2D eigenvalue weighted by molar-refractivity contribution is 6.12. The van der Waals surface area contributed by atoms with Crippen molar-refractivity contribution in [3.05, 3.63) is 161 Å². The molecule has 0 saturated carbocycles. The summed E-state index contributed by atoms with van der Waals surface area (Å²) in [5, 5.41) is 13.8. The first kappa shape index (κ1) is 37.2. The number of morpholine rings is 1. The number of amides is 2. The number of esters is 1. The smallest absolute Gasteiger partial charge is 0.324 e. The first-order chi connectivity index (χ1) is 28.4. The zero-order valence-corrected chi connectivity index (χ0v) is 32.3. The number of rotatable bonds is 5. The van der Waals surface area contributed by atoms with Crippen LogP contribution in [0.3, 0.4) is 0 Å². The SMILES string of the molecule is COc1ccc(C#Cc2ccc3c(c2)[C@]2(C(=O)N3)[C@H](c3ccc(O)cc3)N3[C@H](c4ccccc4)[C@H](c4ccccc4)OC(=O)[C@H]3[C@@H]2C(=O)N2CCCCCCC2)cc1. The monoisotopic (exact) mass is 771 g/mol. The second kappa shape index (κ2) is 15.5. The van der Waals surface area contributed by atoms with Crippen molar-refractivity contribution in [2.24, 2.45) is 5.92 Å². The number of cyclic esters (lactones) is 1. The molecule has 9 nitrogen and oxygen atoms in total. The fourth-order valence-corrected chi connectivity index (χ4v) is 9.79. The van der Waals surface area contributed by atoms with Gasteiger partial charge in [-0.3, -0.25) is 19.3 Å². The lowest BCUT2D eigenvalue weighted by atomic mass is 9.65. The number of methoxy groups -OCH3 is 1. The van der Waals surface area contributed by atoms with Gasteiger partial charge < -0.3 is 24.8 Å². The molecule has 5 aromatic carbocycles. The molecule has 0 radical (unpaired) electrons. The number of carbonyl (C=O) groups excluding carboxylic acids is 3. The number of carbonyl (C=O) groups is 3. The second-order valence-electron chi connectivity index (χ2n) is 15.6. The van der Waals surface area contributed by atoms with E-state index in [-0.39, 0.29) is 17.6 Å². The number of nitrogens with zero attached hydrogens (tertiary/aromatic N) is 2. The number of anilines is 1. The van der Waals surface area contributed by atoms with E-state index in [1.807, 2.05) is 108 Å². The number of phenols is 1. The quantitative estimate of drug-likeness (QED) is 0.138. The van der Waals surface area contributed by atoms with E-state index in [1.54, 1.807) is 31.4 Å². The van der Waals surface area contributed by atoms with Crippen LogP contribution >= 0.6 is 0 Å². The maximum atomic E-state index is 15.7. The standard InChI is InChI=1S/C49H45N3O6/c1-57-38-26-19-32(20-27-38)17-18-33-21-28-40-39(31-33)49(48(56)50-40)41(46(54)51-29-11-3-2-4-12-30-51)43-47(55)58-44(35-15-9-6-10-16-35)42(34-13-7-5-8-14-34)52(43)45(49)36-22-24-37(53)25-23-36/h5-10,13-16,19-28,31,41-45,53H,2-4,11-12,29-30H2,1H3,(H,50,56)/t41-,42-,43-,44+,45+,49-/m1/s1. The van der Waals surface area contributed by atoms with Gasteiger partial charge in [0.25, 0.3) is 0 Å². The first-order valence-electron chi connectivity index (χ1n) is 20.2. The highest BCUT2D eigenvalue weighted by atomic mass is 16.6. The highest BCUT2D eigenvalue weighted by Crippen LogP contribution is 2.65. The van der Waals surface area contributed by atoms with Crippen LogP contribution in [0.1, 0.15) is 83.7 Å². The lowest BCUT2D eigenvalue weighted by Gasteiger charge is -2.46. The van der Waals surface area contributed by atoms with Crippen LogP contribution < -0.4 is 10.1 Å². The molecule has 0 aliphatic carbocycles. The molecule has 292 valence electrons. The molecule has 3 fully saturated rings. The van der Waals surface area contributed by atoms with E-state index in [2.05, 4.69) is 22.1 Å². The Bertz CT molecular complexity index is 2380. The average Bonchev–Trinajstić information content (AvgIpc) is 3.72. The van der Waals surface area contributed by atoms with E-state index >= 15 is 14.4 Å². The van der Waals surface area contributed by atoms with Crippen LogP contribution in [0.4, 0.5) is 5.69 Å². The molecule has 9 rings (SSSR count). The van der Waals surface area contributed by atoms with Crippen molar-refractivity contribution in [2.75, 3.05) is 25.5 Å². The maximum absolute atomic E-state index is 15.7. The summed E-state index contributed by atoms with van der Waals surface area (Å²) in [5.74, 6) is 5.03. The zero-order chi connectivity index (χ0) is 39.8. The third-order valence-corrected chi connectivity index (χ3v) is 12.4. The van der Waals surface area contributed by atoms with Crippen LogP contribution in [0, 0.1) is 17.8 Å². The highest BCUT2D eigenvalue weighted by Gasteiger charge is 2.74. The Labute approximate surface area is 338 Å². The van der Waals surface area contributed by atoms with Crippen molar-refractivity contribution in [2.45, 2.75) is 61.7 Å². The van der Waals surface area contributed by atoms with Gasteiger partial charge in [-0.05, 0) is 89.7 Å². The number of hydrogen-bond donors (Lipinski definition) is 2. The number of phenolic OH excluding ortho intramolecular Hbond substituents is 1. The third kappa shape index (κ3) is 6.38. The van der Waals surface area contributed by atoms with E-state index in [9.17, 15) is 5.11 Å². The van der Waals surface area contributed by atoms with Crippen molar-refractivity contribution >= 4 is 23.5 Å². The summed E-state index contributed by atoms with van der Waals surface area (Å²) in [5.41, 5.74) is 3.37. The molecule has 9 heteroatoms. The average molecular weight is 772 g/mol. The lowest BCUT2D eigenvalue weighted by Crippen LogP contribution is -2.55. The Morgan fingerprint density at radius 3 is 2.03 bits per heavy atom. The molecule has 2 amide bonds. The lowest BCUT2D eigenvalue weighted by molar-refractivity contribution is -0.179. The number of fused-ring (bicyclic) bond motifs is 3. The third-order valence-electron chi connectivity index (χ3n) is 12.4. The molecule has 1 spiro atoms. The fourth-order valence-electron chi connectivity index (χ4n) is 9.79. The Kier molecular flexibility index (Phi) is 9.96. The van der Waals surface area contributed by atoms with Gasteiger partial charge >= 0.3 is 5.97 Å². The maximum Gasteiger partial charge on any atom is 0.324 e. The number of benzene rings is 5. The van der Waals surface area contributed by atoms with Crippen molar-refractivity contribution in [3.63, 3.8) is 0 Å². The molecule has 2 N–H and O–H groups in total. The second-order valence-corrected chi connectivity index (χ2v) is 15.6. The van der Waals surface area contributed by atoms with Gasteiger partial charge in [-0.2, -0.15) is 0 Å². The predicted molar refractivity (Wildman–Crippen MR) is 220 cm³/mol. The van der Waals surface area contributed by atoms with Crippen molar-refractivity contribution in [1.29, 1.82) is 0 Å². The fraction of sp³-hybridized carbons (Fsp3) is 0.286. The minimum Gasteiger partial charge on any atom is -0.508 e. The molecule has 6 atom stereocenters. The van der Waals surface area contributed by atoms with Crippen molar-refractivity contribution < 1.29 is 29.0 Å². The van der Waals surface area contributed by atoms with Gasteiger partial charge in [0.2, 0.25) is 11.8 Å².